The molecule has 0 spiro atoms. The quantitative estimate of drug-likeness (QED) is 0.810. The molecule has 0 saturated heterocycles. The molecule has 1 unspecified atom stereocenters. The second-order valence-electron chi connectivity index (χ2n) is 7.79. The second kappa shape index (κ2) is 6.08. The van der Waals surface area contributed by atoms with Crippen molar-refractivity contribution in [3.05, 3.63) is 76.0 Å². The number of ether oxygens (including phenoxy) is 2. The Kier molecular flexibility index (Phi) is 3.48. The van der Waals surface area contributed by atoms with Gasteiger partial charge in [-0.1, -0.05) is 30.3 Å². The van der Waals surface area contributed by atoms with Gasteiger partial charge in [0.1, 0.15) is 13.2 Å². The van der Waals surface area contributed by atoms with Gasteiger partial charge in [0.25, 0.3) is 0 Å². The first-order valence-electron chi connectivity index (χ1n) is 10.0. The van der Waals surface area contributed by atoms with E-state index in [1.807, 2.05) is 42.5 Å². The van der Waals surface area contributed by atoms with Gasteiger partial charge in [-0.2, -0.15) is 0 Å². The van der Waals surface area contributed by atoms with Crippen LogP contribution in [0.15, 0.2) is 59.3 Å². The van der Waals surface area contributed by atoms with Crippen LogP contribution in [0.1, 0.15) is 46.7 Å². The number of benzene rings is 2. The van der Waals surface area contributed by atoms with Gasteiger partial charge >= 0.3 is 0 Å². The van der Waals surface area contributed by atoms with E-state index < -0.39 is 0 Å². The van der Waals surface area contributed by atoms with E-state index in [4.69, 9.17) is 9.47 Å². The average molecular weight is 385 g/mol. The molecule has 2 aliphatic carbocycles. The predicted octanol–water partition coefficient (Wildman–Crippen LogP) is 3.76. The number of allylic oxidation sites excluding steroid dienone is 3. The van der Waals surface area contributed by atoms with Crippen LogP contribution in [-0.4, -0.2) is 24.8 Å². The molecule has 5 heteroatoms. The van der Waals surface area contributed by atoms with Gasteiger partial charge in [-0.3, -0.25) is 9.59 Å². The van der Waals surface area contributed by atoms with E-state index in [9.17, 15) is 9.59 Å². The third-order valence-corrected chi connectivity index (χ3v) is 6.16. The minimum absolute atomic E-state index is 0.00656. The van der Waals surface area contributed by atoms with Crippen molar-refractivity contribution in [1.82, 2.24) is 5.32 Å². The fourth-order valence-electron chi connectivity index (χ4n) is 4.91. The molecule has 4 aliphatic rings. The first kappa shape index (κ1) is 16.6. The van der Waals surface area contributed by atoms with Crippen molar-refractivity contribution in [3.63, 3.8) is 0 Å². The first-order valence-corrected chi connectivity index (χ1v) is 10.0. The van der Waals surface area contributed by atoms with Crippen molar-refractivity contribution in [2.45, 2.75) is 25.2 Å². The van der Waals surface area contributed by atoms with Crippen molar-refractivity contribution in [1.29, 1.82) is 0 Å². The predicted molar refractivity (Wildman–Crippen MR) is 107 cm³/mol. The third-order valence-electron chi connectivity index (χ3n) is 6.16. The van der Waals surface area contributed by atoms with Crippen LogP contribution < -0.4 is 14.8 Å². The number of nitrogens with one attached hydrogen (secondary N) is 1. The number of ketones is 2. The van der Waals surface area contributed by atoms with Gasteiger partial charge in [0.05, 0.1) is 5.70 Å². The molecule has 1 atom stereocenters. The van der Waals surface area contributed by atoms with Crippen molar-refractivity contribution in [2.75, 3.05) is 13.2 Å². The van der Waals surface area contributed by atoms with Crippen molar-refractivity contribution in [3.8, 4) is 11.5 Å². The monoisotopic (exact) mass is 385 g/mol. The van der Waals surface area contributed by atoms with Crippen LogP contribution >= 0.6 is 0 Å². The molecule has 2 heterocycles. The van der Waals surface area contributed by atoms with E-state index in [0.29, 0.717) is 42.3 Å². The maximum Gasteiger partial charge on any atom is 0.192 e. The lowest BCUT2D eigenvalue weighted by Crippen LogP contribution is -2.31. The summed E-state index contributed by atoms with van der Waals surface area (Å²) >= 11 is 0. The molecule has 144 valence electrons. The van der Waals surface area contributed by atoms with Gasteiger partial charge < -0.3 is 14.8 Å². The van der Waals surface area contributed by atoms with Crippen LogP contribution in [0.2, 0.25) is 0 Å². The molecule has 29 heavy (non-hydrogen) atoms. The van der Waals surface area contributed by atoms with E-state index in [1.165, 1.54) is 0 Å². The van der Waals surface area contributed by atoms with E-state index in [0.717, 1.165) is 40.9 Å². The zero-order chi connectivity index (χ0) is 19.5. The number of carbonyl (C=O) groups excluding carboxylic acids is 2. The third kappa shape index (κ3) is 2.33. The Labute approximate surface area is 168 Å². The Hall–Kier alpha value is -3.34. The topological polar surface area (TPSA) is 64.6 Å². The van der Waals surface area contributed by atoms with E-state index in [-0.39, 0.29) is 17.5 Å². The molecular weight excluding hydrogens is 366 g/mol. The lowest BCUT2D eigenvalue weighted by molar-refractivity contribution is -0.116. The SMILES string of the molecule is O=C1CCCC2=C1C(c1ccc3c(c1)OCCO3)C1=C(N2)c2ccccc2C1=O. The standard InChI is InChI=1S/C24H19NO4/c26-17-7-3-6-16-21(17)20(13-8-9-18-19(12-13)29-11-10-28-18)22-23(25-16)14-4-1-2-5-15(14)24(22)27/h1-2,4-5,8-9,12,20,25H,3,6-7,10-11H2. The Morgan fingerprint density at radius 2 is 1.66 bits per heavy atom. The van der Waals surface area contributed by atoms with Crippen LogP contribution in [0.25, 0.3) is 5.70 Å². The molecule has 0 saturated carbocycles. The summed E-state index contributed by atoms with van der Waals surface area (Å²) in [4.78, 5) is 26.4. The van der Waals surface area contributed by atoms with Gasteiger partial charge in [-0.15, -0.1) is 0 Å². The molecule has 0 amide bonds. The Morgan fingerprint density at radius 3 is 2.52 bits per heavy atom. The molecule has 2 aromatic rings. The molecule has 0 radical (unpaired) electrons. The summed E-state index contributed by atoms with van der Waals surface area (Å²) in [5, 5.41) is 3.46. The summed E-state index contributed by atoms with van der Waals surface area (Å²) in [6.07, 6.45) is 2.16. The fraction of sp³-hybridized carbons (Fsp3) is 0.250. The van der Waals surface area contributed by atoms with Gasteiger partial charge in [-0.05, 0) is 30.5 Å². The summed E-state index contributed by atoms with van der Waals surface area (Å²) < 4.78 is 11.4. The molecule has 2 aromatic carbocycles. The second-order valence-corrected chi connectivity index (χ2v) is 7.79. The van der Waals surface area contributed by atoms with Gasteiger partial charge in [-0.25, -0.2) is 0 Å². The maximum atomic E-state index is 13.4. The van der Waals surface area contributed by atoms with Crippen molar-refractivity contribution in [2.24, 2.45) is 0 Å². The zero-order valence-corrected chi connectivity index (χ0v) is 15.8. The van der Waals surface area contributed by atoms with E-state index in [1.54, 1.807) is 0 Å². The summed E-state index contributed by atoms with van der Waals surface area (Å²) in [5.74, 6) is 1.10. The smallest absolute Gasteiger partial charge is 0.192 e. The highest BCUT2D eigenvalue weighted by molar-refractivity contribution is 6.23. The highest BCUT2D eigenvalue weighted by Crippen LogP contribution is 2.49. The normalized spacial score (nSPS) is 22.1. The number of rotatable bonds is 1. The maximum absolute atomic E-state index is 13.4. The van der Waals surface area contributed by atoms with Gasteiger partial charge in [0, 0.05) is 40.3 Å². The van der Waals surface area contributed by atoms with Gasteiger partial charge in [0.2, 0.25) is 0 Å². The van der Waals surface area contributed by atoms with Crippen LogP contribution in [0.3, 0.4) is 0 Å². The largest absolute Gasteiger partial charge is 0.486 e. The summed E-state index contributed by atoms with van der Waals surface area (Å²) in [5.41, 5.74) is 5.69. The first-order chi connectivity index (χ1) is 14.2. The summed E-state index contributed by atoms with van der Waals surface area (Å²) in [6, 6.07) is 13.4. The summed E-state index contributed by atoms with van der Waals surface area (Å²) in [6.45, 7) is 1.02. The Balaban J connectivity index is 1.57. The Bertz CT molecular complexity index is 1160. The molecule has 0 aromatic heterocycles. The highest BCUT2D eigenvalue weighted by atomic mass is 16.6. The number of hydrogen-bond donors (Lipinski definition) is 1. The number of hydrogen-bond acceptors (Lipinski definition) is 5. The lowest BCUT2D eigenvalue weighted by atomic mass is 9.75. The average Bonchev–Trinajstić information content (AvgIpc) is 3.04. The highest BCUT2D eigenvalue weighted by Gasteiger charge is 2.43. The van der Waals surface area contributed by atoms with E-state index in [2.05, 4.69) is 5.32 Å². The van der Waals surface area contributed by atoms with Crippen molar-refractivity contribution >= 4 is 17.3 Å². The molecule has 0 bridgehead atoms. The Morgan fingerprint density at radius 1 is 0.862 bits per heavy atom. The van der Waals surface area contributed by atoms with Crippen LogP contribution in [0.4, 0.5) is 0 Å². The minimum Gasteiger partial charge on any atom is -0.486 e. The summed E-state index contributed by atoms with van der Waals surface area (Å²) in [7, 11) is 0. The molecule has 2 aliphatic heterocycles. The van der Waals surface area contributed by atoms with Crippen LogP contribution in [-0.2, 0) is 4.79 Å². The zero-order valence-electron chi connectivity index (χ0n) is 15.8. The lowest BCUT2D eigenvalue weighted by Gasteiger charge is -2.33. The minimum atomic E-state index is -0.384. The number of carbonyl (C=O) groups is 2. The number of Topliss-reactive ketones (excluding diaryl/α,β-unsaturated/α-hetero) is 2. The van der Waals surface area contributed by atoms with Crippen molar-refractivity contribution < 1.29 is 19.1 Å². The molecule has 6 rings (SSSR count). The molecular formula is C24H19NO4. The fourth-order valence-corrected chi connectivity index (χ4v) is 4.91. The molecule has 0 fully saturated rings. The molecule has 5 nitrogen and oxygen atoms in total. The number of fused-ring (bicyclic) bond motifs is 3. The number of dihydropyridines is 1. The van der Waals surface area contributed by atoms with Crippen LogP contribution in [0.5, 0.6) is 11.5 Å². The van der Waals surface area contributed by atoms with Crippen LogP contribution in [0, 0.1) is 0 Å². The molecule has 1 N–H and O–H groups in total. The van der Waals surface area contributed by atoms with Gasteiger partial charge in [0.15, 0.2) is 23.1 Å². The van der Waals surface area contributed by atoms with E-state index >= 15 is 0 Å².